The summed E-state index contributed by atoms with van der Waals surface area (Å²) in [5.74, 6) is -0.249. The molecule has 1 aliphatic rings. The van der Waals surface area contributed by atoms with Gasteiger partial charge < -0.3 is 4.57 Å². The molecule has 3 aromatic carbocycles. The van der Waals surface area contributed by atoms with Gasteiger partial charge in [0.1, 0.15) is 5.82 Å². The van der Waals surface area contributed by atoms with Gasteiger partial charge in [0.15, 0.2) is 0 Å². The predicted molar refractivity (Wildman–Crippen MR) is 136 cm³/mol. The predicted octanol–water partition coefficient (Wildman–Crippen LogP) is 4.97. The van der Waals surface area contributed by atoms with Crippen molar-refractivity contribution in [3.05, 3.63) is 111 Å². The molecule has 35 heavy (non-hydrogen) atoms. The summed E-state index contributed by atoms with van der Waals surface area (Å²) in [7, 11) is 0. The van der Waals surface area contributed by atoms with E-state index < -0.39 is 16.9 Å². The summed E-state index contributed by atoms with van der Waals surface area (Å²) >= 11 is 0. The van der Waals surface area contributed by atoms with Crippen LogP contribution in [0.2, 0.25) is 0 Å². The van der Waals surface area contributed by atoms with Gasteiger partial charge in [0.05, 0.1) is 22.4 Å². The van der Waals surface area contributed by atoms with Crippen LogP contribution in [-0.4, -0.2) is 9.13 Å². The zero-order chi connectivity index (χ0) is 24.4. The lowest BCUT2D eigenvalue weighted by Crippen LogP contribution is -2.46. The largest absolute Gasteiger partial charge is 0.302 e. The number of para-hydroxylation sites is 4. The van der Waals surface area contributed by atoms with Gasteiger partial charge in [0.2, 0.25) is 5.36 Å². The van der Waals surface area contributed by atoms with Crippen LogP contribution in [0.1, 0.15) is 38.6 Å². The van der Waals surface area contributed by atoms with E-state index in [9.17, 15) is 9.59 Å². The molecule has 1 aromatic heterocycles. The van der Waals surface area contributed by atoms with Crippen LogP contribution in [0.3, 0.4) is 0 Å². The average molecular weight is 471 g/mol. The first-order chi connectivity index (χ1) is 17.1. The van der Waals surface area contributed by atoms with Crippen LogP contribution < -0.4 is 21.9 Å². The summed E-state index contributed by atoms with van der Waals surface area (Å²) in [5.41, 5.74) is 3.39. The molecule has 1 N–H and O–H groups in total. The molecular formula is C28H27FN4O2. The number of nitrogens with one attached hydrogen (secondary N) is 1. The van der Waals surface area contributed by atoms with E-state index >= 15 is 4.39 Å². The molecule has 1 saturated carbocycles. The lowest BCUT2D eigenvalue weighted by Gasteiger charge is -2.22. The van der Waals surface area contributed by atoms with Gasteiger partial charge in [-0.2, -0.15) is 5.10 Å². The maximum Gasteiger partial charge on any atom is 0.289 e. The molecule has 7 heteroatoms. The minimum absolute atomic E-state index is 0.0699. The number of hydrogen-bond donors (Lipinski definition) is 1. The lowest BCUT2D eigenvalue weighted by atomic mass is 9.99. The van der Waals surface area contributed by atoms with E-state index in [4.69, 9.17) is 0 Å². The summed E-state index contributed by atoms with van der Waals surface area (Å²) < 4.78 is 17.9. The van der Waals surface area contributed by atoms with Crippen LogP contribution in [0, 0.1) is 11.7 Å². The van der Waals surface area contributed by atoms with E-state index in [1.165, 1.54) is 16.7 Å². The van der Waals surface area contributed by atoms with Gasteiger partial charge in [0.25, 0.3) is 11.1 Å². The first-order valence-corrected chi connectivity index (χ1v) is 12.0. The molecule has 0 aliphatic heterocycles. The first kappa shape index (κ1) is 22.8. The van der Waals surface area contributed by atoms with E-state index in [-0.39, 0.29) is 17.1 Å². The number of halogens is 1. The lowest BCUT2D eigenvalue weighted by molar-refractivity contribution is 0.361. The third-order valence-corrected chi connectivity index (χ3v) is 6.86. The van der Waals surface area contributed by atoms with Crippen LogP contribution in [0.5, 0.6) is 0 Å². The van der Waals surface area contributed by atoms with Gasteiger partial charge >= 0.3 is 0 Å². The summed E-state index contributed by atoms with van der Waals surface area (Å²) in [5, 5.41) is 3.99. The molecule has 0 radical (unpaired) electrons. The molecule has 1 fully saturated rings. The van der Waals surface area contributed by atoms with E-state index in [1.54, 1.807) is 41.0 Å². The normalized spacial score (nSPS) is 15.4. The summed E-state index contributed by atoms with van der Waals surface area (Å²) in [4.78, 5) is 27.9. The summed E-state index contributed by atoms with van der Waals surface area (Å²) in [6.45, 7) is 2.02. The van der Waals surface area contributed by atoms with Crippen LogP contribution in [-0.2, 0) is 0 Å². The van der Waals surface area contributed by atoms with E-state index in [1.807, 2.05) is 37.3 Å². The SMILES string of the molecule is CC(C1CCCC1)n1c(=O)c(=NNc2ccccc2)c(=O)n(-c2ccccc2F)c2ccccc21. The molecular weight excluding hydrogens is 443 g/mol. The first-order valence-electron chi connectivity index (χ1n) is 12.0. The van der Waals surface area contributed by atoms with Crippen LogP contribution >= 0.6 is 0 Å². The highest BCUT2D eigenvalue weighted by Crippen LogP contribution is 2.34. The number of benzene rings is 3. The van der Waals surface area contributed by atoms with Crippen molar-refractivity contribution in [3.8, 4) is 5.69 Å². The quantitative estimate of drug-likeness (QED) is 0.419. The Bertz CT molecular complexity index is 1550. The monoisotopic (exact) mass is 470 g/mol. The fraction of sp³-hybridized carbons (Fsp3) is 0.250. The van der Waals surface area contributed by atoms with Crippen molar-refractivity contribution in [2.45, 2.75) is 38.6 Å². The van der Waals surface area contributed by atoms with Crippen molar-refractivity contribution in [2.24, 2.45) is 11.0 Å². The van der Waals surface area contributed by atoms with Gasteiger partial charge in [-0.15, -0.1) is 0 Å². The van der Waals surface area contributed by atoms with E-state index in [0.717, 1.165) is 25.7 Å². The molecule has 4 aromatic rings. The van der Waals surface area contributed by atoms with E-state index in [2.05, 4.69) is 10.5 Å². The molecule has 1 heterocycles. The average Bonchev–Trinajstić information content (AvgIpc) is 3.40. The summed E-state index contributed by atoms with van der Waals surface area (Å²) in [6.07, 6.45) is 4.28. The molecule has 6 nitrogen and oxygen atoms in total. The Hall–Kier alpha value is -4.00. The number of nitrogens with zero attached hydrogens (tertiary/aromatic N) is 3. The molecule has 0 bridgehead atoms. The Labute approximate surface area is 202 Å². The van der Waals surface area contributed by atoms with Gasteiger partial charge in [-0.3, -0.25) is 19.6 Å². The zero-order valence-corrected chi connectivity index (χ0v) is 19.5. The maximum absolute atomic E-state index is 15.0. The molecule has 1 atom stereocenters. The molecule has 0 spiro atoms. The van der Waals surface area contributed by atoms with E-state index in [0.29, 0.717) is 22.6 Å². The van der Waals surface area contributed by atoms with Crippen molar-refractivity contribution in [1.82, 2.24) is 9.13 Å². The van der Waals surface area contributed by atoms with Crippen LogP contribution in [0.4, 0.5) is 10.1 Å². The number of fused-ring (bicyclic) bond motifs is 1. The highest BCUT2D eigenvalue weighted by molar-refractivity contribution is 5.77. The smallest absolute Gasteiger partial charge is 0.289 e. The Morgan fingerprint density at radius 3 is 2.20 bits per heavy atom. The number of aromatic nitrogens is 2. The Balaban J connectivity index is 1.91. The van der Waals surface area contributed by atoms with Gasteiger partial charge in [-0.25, -0.2) is 4.39 Å². The van der Waals surface area contributed by atoms with Crippen molar-refractivity contribution >= 4 is 16.7 Å². The highest BCUT2D eigenvalue weighted by atomic mass is 19.1. The minimum atomic E-state index is -0.683. The van der Waals surface area contributed by atoms with Crippen LogP contribution in [0.25, 0.3) is 16.7 Å². The fourth-order valence-electron chi connectivity index (χ4n) is 5.04. The van der Waals surface area contributed by atoms with Gasteiger partial charge in [0, 0.05) is 6.04 Å². The van der Waals surface area contributed by atoms with Crippen LogP contribution in [0.15, 0.2) is 93.6 Å². The molecule has 5 rings (SSSR count). The topological polar surface area (TPSA) is 68.4 Å². The number of rotatable bonds is 5. The van der Waals surface area contributed by atoms with Crippen molar-refractivity contribution in [1.29, 1.82) is 0 Å². The molecule has 1 aliphatic carbocycles. The third-order valence-electron chi connectivity index (χ3n) is 6.86. The van der Waals surface area contributed by atoms with Gasteiger partial charge in [-0.05, 0) is 62.1 Å². The number of hydrogen-bond acceptors (Lipinski definition) is 4. The zero-order valence-electron chi connectivity index (χ0n) is 19.5. The Morgan fingerprint density at radius 2 is 1.49 bits per heavy atom. The van der Waals surface area contributed by atoms with Crippen molar-refractivity contribution in [2.75, 3.05) is 5.43 Å². The molecule has 1 unspecified atom stereocenters. The Kier molecular flexibility index (Phi) is 6.31. The third kappa shape index (κ3) is 4.30. The molecule has 0 amide bonds. The standard InChI is InChI=1S/C28H27FN4O2/c1-19(20-11-5-6-12-20)32-24-17-9-10-18-25(24)33(23-16-8-7-15-22(23)29)28(35)26(27(32)34)31-30-21-13-3-2-4-14-21/h2-4,7-10,13-20,30H,5-6,11-12H2,1H3. The summed E-state index contributed by atoms with van der Waals surface area (Å²) in [6, 6.07) is 22.2. The van der Waals surface area contributed by atoms with Gasteiger partial charge in [-0.1, -0.05) is 55.3 Å². The Morgan fingerprint density at radius 1 is 0.857 bits per heavy atom. The second-order valence-corrected chi connectivity index (χ2v) is 8.98. The second-order valence-electron chi connectivity index (χ2n) is 8.98. The second kappa shape index (κ2) is 9.70. The molecule has 0 saturated heterocycles. The highest BCUT2D eigenvalue weighted by Gasteiger charge is 2.26. The minimum Gasteiger partial charge on any atom is -0.302 e. The molecule has 178 valence electrons. The maximum atomic E-state index is 15.0. The fourth-order valence-corrected chi connectivity index (χ4v) is 5.04. The van der Waals surface area contributed by atoms with Crippen molar-refractivity contribution in [3.63, 3.8) is 0 Å². The van der Waals surface area contributed by atoms with Crippen molar-refractivity contribution < 1.29 is 4.39 Å². The number of anilines is 1.